The lowest BCUT2D eigenvalue weighted by atomic mass is 10.1. The van der Waals surface area contributed by atoms with Crippen molar-refractivity contribution in [1.82, 2.24) is 25.1 Å². The lowest BCUT2D eigenvalue weighted by Gasteiger charge is -2.13. The molecule has 0 aliphatic heterocycles. The standard InChI is InChI=1S/C12H17N5OS/c1-4-13-8(2)9-5-6-14-10(7-9)19-12-16-15-11(18)17(12)3/h5-8,13H,4H2,1-3H3,(H,15,18). The number of pyridine rings is 1. The molecule has 2 rings (SSSR count). The molecule has 7 heteroatoms. The van der Waals surface area contributed by atoms with Gasteiger partial charge in [-0.3, -0.25) is 4.57 Å². The van der Waals surface area contributed by atoms with Crippen molar-refractivity contribution in [2.24, 2.45) is 7.05 Å². The van der Waals surface area contributed by atoms with Crippen LogP contribution in [0.4, 0.5) is 0 Å². The number of nitrogens with one attached hydrogen (secondary N) is 2. The monoisotopic (exact) mass is 279 g/mol. The molecule has 0 aliphatic rings. The summed E-state index contributed by atoms with van der Waals surface area (Å²) in [5.74, 6) is 0. The summed E-state index contributed by atoms with van der Waals surface area (Å²) in [7, 11) is 1.68. The Balaban J connectivity index is 2.19. The number of nitrogens with zero attached hydrogens (tertiary/aromatic N) is 3. The van der Waals surface area contributed by atoms with Crippen molar-refractivity contribution in [3.8, 4) is 0 Å². The number of rotatable bonds is 5. The maximum absolute atomic E-state index is 11.3. The van der Waals surface area contributed by atoms with Crippen molar-refractivity contribution in [3.05, 3.63) is 34.4 Å². The van der Waals surface area contributed by atoms with E-state index in [4.69, 9.17) is 0 Å². The van der Waals surface area contributed by atoms with Gasteiger partial charge >= 0.3 is 5.69 Å². The fraction of sp³-hybridized carbons (Fsp3) is 0.417. The fourth-order valence-electron chi connectivity index (χ4n) is 1.69. The van der Waals surface area contributed by atoms with E-state index in [-0.39, 0.29) is 11.7 Å². The van der Waals surface area contributed by atoms with Gasteiger partial charge in [0.2, 0.25) is 0 Å². The van der Waals surface area contributed by atoms with Gasteiger partial charge in [0, 0.05) is 19.3 Å². The van der Waals surface area contributed by atoms with Gasteiger partial charge in [-0.2, -0.15) is 0 Å². The number of aromatic amines is 1. The van der Waals surface area contributed by atoms with E-state index in [1.807, 2.05) is 12.1 Å². The predicted molar refractivity (Wildman–Crippen MR) is 74.3 cm³/mol. The molecule has 0 aromatic carbocycles. The van der Waals surface area contributed by atoms with E-state index < -0.39 is 0 Å². The largest absolute Gasteiger partial charge is 0.343 e. The Morgan fingerprint density at radius 3 is 3.00 bits per heavy atom. The molecule has 2 aromatic rings. The molecule has 19 heavy (non-hydrogen) atoms. The topological polar surface area (TPSA) is 75.6 Å². The molecule has 6 nitrogen and oxygen atoms in total. The first-order valence-electron chi connectivity index (χ1n) is 6.10. The third-order valence-electron chi connectivity index (χ3n) is 2.80. The molecular weight excluding hydrogens is 262 g/mol. The molecule has 0 amide bonds. The summed E-state index contributed by atoms with van der Waals surface area (Å²) in [5, 5.41) is 11.1. The summed E-state index contributed by atoms with van der Waals surface area (Å²) >= 11 is 1.37. The first kappa shape index (κ1) is 13.8. The van der Waals surface area contributed by atoms with E-state index in [1.54, 1.807) is 13.2 Å². The molecule has 0 spiro atoms. The van der Waals surface area contributed by atoms with Crippen LogP contribution < -0.4 is 11.0 Å². The van der Waals surface area contributed by atoms with Gasteiger partial charge in [0.1, 0.15) is 5.03 Å². The maximum atomic E-state index is 11.3. The maximum Gasteiger partial charge on any atom is 0.343 e. The molecule has 0 saturated carbocycles. The van der Waals surface area contributed by atoms with Gasteiger partial charge in [-0.25, -0.2) is 14.9 Å². The van der Waals surface area contributed by atoms with Crippen LogP contribution in [0.3, 0.4) is 0 Å². The quantitative estimate of drug-likeness (QED) is 0.863. The molecule has 102 valence electrons. The average molecular weight is 279 g/mol. The molecule has 1 atom stereocenters. The molecular formula is C12H17N5OS. The van der Waals surface area contributed by atoms with E-state index in [0.717, 1.165) is 11.6 Å². The second-order valence-corrected chi connectivity index (χ2v) is 5.17. The van der Waals surface area contributed by atoms with Gasteiger partial charge in [-0.1, -0.05) is 6.92 Å². The van der Waals surface area contributed by atoms with Crippen LogP contribution in [0, 0.1) is 0 Å². The van der Waals surface area contributed by atoms with Gasteiger partial charge < -0.3 is 5.32 Å². The predicted octanol–water partition coefficient (Wildman–Crippen LogP) is 1.33. The summed E-state index contributed by atoms with van der Waals surface area (Å²) in [6, 6.07) is 4.27. The highest BCUT2D eigenvalue weighted by Gasteiger charge is 2.09. The van der Waals surface area contributed by atoms with E-state index >= 15 is 0 Å². The lowest BCUT2D eigenvalue weighted by molar-refractivity contribution is 0.596. The smallest absolute Gasteiger partial charge is 0.310 e. The van der Waals surface area contributed by atoms with Gasteiger partial charge in [0.25, 0.3) is 0 Å². The van der Waals surface area contributed by atoms with Gasteiger partial charge in [0.05, 0.1) is 0 Å². The fourth-order valence-corrected chi connectivity index (χ4v) is 2.50. The zero-order valence-electron chi connectivity index (χ0n) is 11.2. The van der Waals surface area contributed by atoms with E-state index in [0.29, 0.717) is 5.16 Å². The van der Waals surface area contributed by atoms with Crippen molar-refractivity contribution >= 4 is 11.8 Å². The Hall–Kier alpha value is -1.60. The van der Waals surface area contributed by atoms with Crippen molar-refractivity contribution in [3.63, 3.8) is 0 Å². The zero-order chi connectivity index (χ0) is 13.8. The van der Waals surface area contributed by atoms with Crippen molar-refractivity contribution in [2.75, 3.05) is 6.54 Å². The van der Waals surface area contributed by atoms with Gasteiger partial charge in [0.15, 0.2) is 5.16 Å². The number of H-pyrrole nitrogens is 1. The van der Waals surface area contributed by atoms with Crippen LogP contribution in [0.5, 0.6) is 0 Å². The third kappa shape index (κ3) is 3.24. The van der Waals surface area contributed by atoms with Crippen LogP contribution in [-0.2, 0) is 7.05 Å². The van der Waals surface area contributed by atoms with Crippen LogP contribution in [0.2, 0.25) is 0 Å². The Kier molecular flexibility index (Phi) is 4.39. The van der Waals surface area contributed by atoms with Crippen LogP contribution in [-0.4, -0.2) is 26.3 Å². The summed E-state index contributed by atoms with van der Waals surface area (Å²) in [6.45, 7) is 5.10. The summed E-state index contributed by atoms with van der Waals surface area (Å²) in [4.78, 5) is 15.6. The first-order valence-corrected chi connectivity index (χ1v) is 6.92. The van der Waals surface area contributed by atoms with E-state index in [9.17, 15) is 4.79 Å². The second kappa shape index (κ2) is 6.03. The Labute approximate surface area is 115 Å². The molecule has 2 heterocycles. The minimum atomic E-state index is -0.223. The Bertz CT molecular complexity index is 606. The Morgan fingerprint density at radius 2 is 2.37 bits per heavy atom. The minimum Gasteiger partial charge on any atom is -0.310 e. The van der Waals surface area contributed by atoms with Crippen molar-refractivity contribution in [2.45, 2.75) is 30.1 Å². The van der Waals surface area contributed by atoms with E-state index in [1.165, 1.54) is 21.9 Å². The molecule has 0 saturated heterocycles. The molecule has 2 aromatic heterocycles. The highest BCUT2D eigenvalue weighted by atomic mass is 32.2. The molecule has 0 radical (unpaired) electrons. The molecule has 0 fully saturated rings. The molecule has 0 bridgehead atoms. The number of hydrogen-bond donors (Lipinski definition) is 2. The average Bonchev–Trinajstić information content (AvgIpc) is 2.71. The van der Waals surface area contributed by atoms with Gasteiger partial charge in [-0.15, -0.1) is 5.10 Å². The van der Waals surface area contributed by atoms with Crippen LogP contribution in [0.1, 0.15) is 25.5 Å². The second-order valence-electron chi connectivity index (χ2n) is 4.18. The highest BCUT2D eigenvalue weighted by molar-refractivity contribution is 7.99. The van der Waals surface area contributed by atoms with Crippen molar-refractivity contribution in [1.29, 1.82) is 0 Å². The summed E-state index contributed by atoms with van der Waals surface area (Å²) in [6.07, 6.45) is 1.77. The minimum absolute atomic E-state index is 0.223. The van der Waals surface area contributed by atoms with Crippen LogP contribution in [0.25, 0.3) is 0 Å². The summed E-state index contributed by atoms with van der Waals surface area (Å²) < 4.78 is 1.47. The van der Waals surface area contributed by atoms with Crippen LogP contribution >= 0.6 is 11.8 Å². The SMILES string of the molecule is CCNC(C)c1ccnc(Sc2n[nH]c(=O)n2C)c1. The van der Waals surface area contributed by atoms with Crippen molar-refractivity contribution < 1.29 is 0 Å². The number of aromatic nitrogens is 4. The lowest BCUT2D eigenvalue weighted by Crippen LogP contribution is -2.17. The molecule has 1 unspecified atom stereocenters. The molecule has 0 aliphatic carbocycles. The van der Waals surface area contributed by atoms with Gasteiger partial charge in [-0.05, 0) is 42.9 Å². The van der Waals surface area contributed by atoms with E-state index in [2.05, 4.69) is 34.3 Å². The zero-order valence-corrected chi connectivity index (χ0v) is 12.0. The number of hydrogen-bond acceptors (Lipinski definition) is 5. The van der Waals surface area contributed by atoms with Crippen LogP contribution in [0.15, 0.2) is 33.3 Å². The normalized spacial score (nSPS) is 12.6. The third-order valence-corrected chi connectivity index (χ3v) is 3.78. The highest BCUT2D eigenvalue weighted by Crippen LogP contribution is 2.24. The molecule has 2 N–H and O–H groups in total. The first-order chi connectivity index (χ1) is 9.11. The summed E-state index contributed by atoms with van der Waals surface area (Å²) in [5.41, 5.74) is 0.944. The Morgan fingerprint density at radius 1 is 1.58 bits per heavy atom.